The zero-order chi connectivity index (χ0) is 20.7. The van der Waals surface area contributed by atoms with Gasteiger partial charge in [0.25, 0.3) is 5.91 Å². The van der Waals surface area contributed by atoms with Gasteiger partial charge in [0, 0.05) is 49.2 Å². The molecule has 1 unspecified atom stereocenters. The number of nitrogens with zero attached hydrogens (tertiary/aromatic N) is 2. The third-order valence-electron chi connectivity index (χ3n) is 6.59. The summed E-state index contributed by atoms with van der Waals surface area (Å²) in [6, 6.07) is 5.98. The molecule has 1 aliphatic carbocycles. The zero-order valence-electron chi connectivity index (χ0n) is 17.4. The molecule has 160 valence electrons. The first-order valence-electron chi connectivity index (χ1n) is 11.0. The highest BCUT2D eigenvalue weighted by Crippen LogP contribution is 2.29. The quantitative estimate of drug-likeness (QED) is 0.715. The van der Waals surface area contributed by atoms with Gasteiger partial charge < -0.3 is 18.8 Å². The van der Waals surface area contributed by atoms with Crippen molar-refractivity contribution < 1.29 is 18.7 Å². The Kier molecular flexibility index (Phi) is 5.25. The lowest BCUT2D eigenvalue weighted by Crippen LogP contribution is -2.64. The van der Waals surface area contributed by atoms with E-state index in [0.29, 0.717) is 17.4 Å². The second kappa shape index (κ2) is 8.04. The van der Waals surface area contributed by atoms with Crippen LogP contribution in [-0.2, 0) is 22.4 Å². The lowest BCUT2D eigenvalue weighted by atomic mass is 9.91. The molecule has 0 bridgehead atoms. The molecule has 0 saturated carbocycles. The van der Waals surface area contributed by atoms with Crippen LogP contribution in [0.3, 0.4) is 0 Å². The van der Waals surface area contributed by atoms with Crippen LogP contribution in [0, 0.1) is 0 Å². The van der Waals surface area contributed by atoms with Crippen LogP contribution in [0.4, 0.5) is 0 Å². The van der Waals surface area contributed by atoms with Gasteiger partial charge in [0.2, 0.25) is 0 Å². The molecule has 1 aromatic heterocycles. The summed E-state index contributed by atoms with van der Waals surface area (Å²) >= 11 is 0. The Morgan fingerprint density at radius 2 is 1.87 bits per heavy atom. The van der Waals surface area contributed by atoms with Crippen LogP contribution < -0.4 is 10.4 Å². The van der Waals surface area contributed by atoms with Crippen molar-refractivity contribution in [2.45, 2.75) is 44.8 Å². The van der Waals surface area contributed by atoms with E-state index in [9.17, 15) is 9.59 Å². The van der Waals surface area contributed by atoms with Crippen LogP contribution >= 0.6 is 0 Å². The standard InChI is InChI=1S/C23H28N2O5/c1-15(22(26)25-13-16(14-25)24-8-10-28-11-9-24)29-17-6-7-19-18-4-2-3-5-20(18)23(27)30-21(19)12-17/h6-7,12,15-16H,2-5,8-11,13-14H2,1H3. The van der Waals surface area contributed by atoms with Gasteiger partial charge in [0.05, 0.1) is 13.2 Å². The SMILES string of the molecule is CC(Oc1ccc2c3c(c(=O)oc2c1)CCCC3)C(=O)N1CC(N2CCOCC2)C1. The number of rotatable bonds is 4. The molecule has 1 atom stereocenters. The number of carbonyl (C=O) groups excluding carboxylic acids is 1. The molecule has 2 aromatic rings. The number of hydrogen-bond acceptors (Lipinski definition) is 6. The van der Waals surface area contributed by atoms with Crippen molar-refractivity contribution in [1.29, 1.82) is 0 Å². The second-order valence-corrected chi connectivity index (χ2v) is 8.52. The fraction of sp³-hybridized carbons (Fsp3) is 0.565. The lowest BCUT2D eigenvalue weighted by molar-refractivity contribution is -0.146. The Labute approximate surface area is 175 Å². The first-order chi connectivity index (χ1) is 14.6. The highest BCUT2D eigenvalue weighted by molar-refractivity contribution is 5.84. The summed E-state index contributed by atoms with van der Waals surface area (Å²) in [6.45, 7) is 6.67. The first-order valence-corrected chi connectivity index (χ1v) is 11.0. The van der Waals surface area contributed by atoms with Gasteiger partial charge in [-0.25, -0.2) is 4.79 Å². The van der Waals surface area contributed by atoms with Crippen molar-refractivity contribution in [3.05, 3.63) is 39.7 Å². The van der Waals surface area contributed by atoms with E-state index in [0.717, 1.165) is 81.6 Å². The molecule has 5 rings (SSSR count). The Bertz CT molecular complexity index is 1000. The second-order valence-electron chi connectivity index (χ2n) is 8.52. The molecule has 0 N–H and O–H groups in total. The van der Waals surface area contributed by atoms with Crippen molar-refractivity contribution in [3.8, 4) is 5.75 Å². The predicted octanol–water partition coefficient (Wildman–Crippen LogP) is 1.98. The van der Waals surface area contributed by atoms with E-state index in [-0.39, 0.29) is 11.5 Å². The van der Waals surface area contributed by atoms with Crippen LogP contribution in [-0.4, -0.2) is 67.2 Å². The maximum Gasteiger partial charge on any atom is 0.339 e. The van der Waals surface area contributed by atoms with Crippen LogP contribution in [0.1, 0.15) is 30.9 Å². The Balaban J connectivity index is 1.25. The lowest BCUT2D eigenvalue weighted by Gasteiger charge is -2.47. The molecule has 7 heteroatoms. The largest absolute Gasteiger partial charge is 0.481 e. The third kappa shape index (κ3) is 3.61. The average Bonchev–Trinajstić information content (AvgIpc) is 2.73. The molecule has 3 heterocycles. The number of likely N-dealkylation sites (tertiary alicyclic amines) is 1. The Morgan fingerprint density at radius 3 is 2.63 bits per heavy atom. The summed E-state index contributed by atoms with van der Waals surface area (Å²) in [4.78, 5) is 29.3. The highest BCUT2D eigenvalue weighted by Gasteiger charge is 2.37. The van der Waals surface area contributed by atoms with Crippen LogP contribution in [0.25, 0.3) is 11.0 Å². The van der Waals surface area contributed by atoms with E-state index in [1.165, 1.54) is 0 Å². The molecular formula is C23H28N2O5. The molecule has 0 spiro atoms. The minimum atomic E-state index is -0.586. The van der Waals surface area contributed by atoms with Crippen molar-refractivity contribution in [3.63, 3.8) is 0 Å². The van der Waals surface area contributed by atoms with E-state index in [1.54, 1.807) is 13.0 Å². The Morgan fingerprint density at radius 1 is 1.13 bits per heavy atom. The first kappa shape index (κ1) is 19.6. The monoisotopic (exact) mass is 412 g/mol. The van der Waals surface area contributed by atoms with Crippen molar-refractivity contribution in [1.82, 2.24) is 9.80 Å². The number of aryl methyl sites for hydroxylation is 1. The van der Waals surface area contributed by atoms with Crippen LogP contribution in [0.5, 0.6) is 5.75 Å². The number of carbonyl (C=O) groups is 1. The molecule has 3 aliphatic rings. The Hall–Kier alpha value is -2.38. The van der Waals surface area contributed by atoms with Gasteiger partial charge in [0.1, 0.15) is 11.3 Å². The van der Waals surface area contributed by atoms with Gasteiger partial charge in [-0.3, -0.25) is 9.69 Å². The maximum atomic E-state index is 12.8. The normalized spacial score (nSPS) is 21.2. The summed E-state index contributed by atoms with van der Waals surface area (Å²) in [6.07, 6.45) is 3.24. The molecule has 2 saturated heterocycles. The van der Waals surface area contributed by atoms with E-state index in [2.05, 4.69) is 4.90 Å². The van der Waals surface area contributed by atoms with Gasteiger partial charge in [-0.1, -0.05) is 0 Å². The summed E-state index contributed by atoms with van der Waals surface area (Å²) in [5.74, 6) is 0.541. The van der Waals surface area contributed by atoms with Gasteiger partial charge in [-0.2, -0.15) is 0 Å². The molecule has 2 fully saturated rings. The van der Waals surface area contributed by atoms with Gasteiger partial charge in [0.15, 0.2) is 6.10 Å². The molecule has 2 aliphatic heterocycles. The van der Waals surface area contributed by atoms with Crippen molar-refractivity contribution >= 4 is 16.9 Å². The number of morpholine rings is 1. The minimum Gasteiger partial charge on any atom is -0.481 e. The average molecular weight is 412 g/mol. The molecule has 30 heavy (non-hydrogen) atoms. The molecule has 1 aromatic carbocycles. The zero-order valence-corrected chi connectivity index (χ0v) is 17.4. The van der Waals surface area contributed by atoms with E-state index >= 15 is 0 Å². The fourth-order valence-electron chi connectivity index (χ4n) is 4.82. The maximum absolute atomic E-state index is 12.8. The minimum absolute atomic E-state index is 0.00787. The molecular weight excluding hydrogens is 384 g/mol. The van der Waals surface area contributed by atoms with Crippen LogP contribution in [0.15, 0.2) is 27.4 Å². The van der Waals surface area contributed by atoms with Crippen molar-refractivity contribution in [2.75, 3.05) is 39.4 Å². The number of amides is 1. The number of benzene rings is 1. The number of hydrogen-bond donors (Lipinski definition) is 0. The summed E-state index contributed by atoms with van der Waals surface area (Å²) in [5, 5.41) is 0.978. The predicted molar refractivity (Wildman–Crippen MR) is 112 cm³/mol. The highest BCUT2D eigenvalue weighted by atomic mass is 16.5. The van der Waals surface area contributed by atoms with Gasteiger partial charge in [-0.05, 0) is 50.3 Å². The van der Waals surface area contributed by atoms with E-state index in [1.807, 2.05) is 17.0 Å². The van der Waals surface area contributed by atoms with Gasteiger partial charge in [-0.15, -0.1) is 0 Å². The summed E-state index contributed by atoms with van der Waals surface area (Å²) in [5.41, 5.74) is 2.22. The van der Waals surface area contributed by atoms with E-state index in [4.69, 9.17) is 13.9 Å². The smallest absolute Gasteiger partial charge is 0.339 e. The molecule has 1 amide bonds. The van der Waals surface area contributed by atoms with Crippen molar-refractivity contribution in [2.24, 2.45) is 0 Å². The summed E-state index contributed by atoms with van der Waals surface area (Å²) < 4.78 is 16.9. The van der Waals surface area contributed by atoms with E-state index < -0.39 is 6.10 Å². The summed E-state index contributed by atoms with van der Waals surface area (Å²) in [7, 11) is 0. The topological polar surface area (TPSA) is 72.2 Å². The molecule has 0 radical (unpaired) electrons. The fourth-order valence-corrected chi connectivity index (χ4v) is 4.82. The number of fused-ring (bicyclic) bond motifs is 3. The third-order valence-corrected chi connectivity index (χ3v) is 6.59. The van der Waals surface area contributed by atoms with Gasteiger partial charge >= 0.3 is 5.63 Å². The number of ether oxygens (including phenoxy) is 2. The molecule has 7 nitrogen and oxygen atoms in total. The van der Waals surface area contributed by atoms with Crippen LogP contribution in [0.2, 0.25) is 0 Å².